The highest BCUT2D eigenvalue weighted by Gasteiger charge is 2.28. The summed E-state index contributed by atoms with van der Waals surface area (Å²) in [6.07, 6.45) is 1.61. The first-order chi connectivity index (χ1) is 7.27. The molecule has 0 aliphatic heterocycles. The molecule has 3 nitrogen and oxygen atoms in total. The first-order valence-corrected chi connectivity index (χ1v) is 5.21. The topological polar surface area (TPSA) is 46.5 Å². The maximum atomic E-state index is 11.6. The molecular weight excluding hydrogens is 192 g/mol. The Bertz CT molecular complexity index is 334. The van der Waals surface area contributed by atoms with E-state index in [9.17, 15) is 9.90 Å². The van der Waals surface area contributed by atoms with E-state index in [1.807, 2.05) is 6.07 Å². The normalized spacial score (nSPS) is 25.1. The zero-order valence-electron chi connectivity index (χ0n) is 8.43. The smallest absolute Gasteiger partial charge is 0.338 e. The van der Waals surface area contributed by atoms with Gasteiger partial charge in [-0.3, -0.25) is 0 Å². The zero-order chi connectivity index (χ0) is 10.7. The molecule has 15 heavy (non-hydrogen) atoms. The number of esters is 1. The van der Waals surface area contributed by atoms with Gasteiger partial charge in [-0.25, -0.2) is 4.79 Å². The number of carbonyl (C=O) groups is 1. The highest BCUT2D eigenvalue weighted by molar-refractivity contribution is 5.89. The van der Waals surface area contributed by atoms with E-state index in [0.717, 1.165) is 19.3 Å². The lowest BCUT2D eigenvalue weighted by Crippen LogP contribution is -2.25. The first kappa shape index (κ1) is 10.2. The van der Waals surface area contributed by atoms with Crippen molar-refractivity contribution in [3.8, 4) is 0 Å². The quantitative estimate of drug-likeness (QED) is 0.750. The van der Waals surface area contributed by atoms with Crippen molar-refractivity contribution in [2.45, 2.75) is 31.5 Å². The molecule has 1 saturated carbocycles. The minimum absolute atomic E-state index is 0.322. The third-order valence-corrected chi connectivity index (χ3v) is 2.69. The molecule has 3 heteroatoms. The van der Waals surface area contributed by atoms with Gasteiger partial charge in [-0.1, -0.05) is 18.2 Å². The van der Waals surface area contributed by atoms with Crippen LogP contribution in [0.4, 0.5) is 0 Å². The molecule has 1 fully saturated rings. The zero-order valence-corrected chi connectivity index (χ0v) is 8.43. The molecule has 1 aromatic rings. The van der Waals surface area contributed by atoms with Gasteiger partial charge < -0.3 is 9.84 Å². The lowest BCUT2D eigenvalue weighted by molar-refractivity contribution is -0.00484. The average molecular weight is 206 g/mol. The number of hydrogen-bond donors (Lipinski definition) is 1. The van der Waals surface area contributed by atoms with Crippen molar-refractivity contribution in [2.75, 3.05) is 0 Å². The van der Waals surface area contributed by atoms with Crippen LogP contribution >= 0.6 is 0 Å². The van der Waals surface area contributed by atoms with Crippen LogP contribution in [-0.4, -0.2) is 23.3 Å². The molecule has 0 amide bonds. The lowest BCUT2D eigenvalue weighted by Gasteiger charge is -2.15. The van der Waals surface area contributed by atoms with Crippen LogP contribution in [0.1, 0.15) is 29.6 Å². The Morgan fingerprint density at radius 3 is 2.60 bits per heavy atom. The molecule has 1 aliphatic rings. The number of hydrogen-bond acceptors (Lipinski definition) is 3. The Morgan fingerprint density at radius 2 is 2.00 bits per heavy atom. The number of carbonyl (C=O) groups excluding carboxylic acids is 1. The second kappa shape index (κ2) is 4.45. The van der Waals surface area contributed by atoms with Gasteiger partial charge in [0.2, 0.25) is 0 Å². The van der Waals surface area contributed by atoms with Gasteiger partial charge >= 0.3 is 5.97 Å². The van der Waals surface area contributed by atoms with E-state index < -0.39 is 6.10 Å². The van der Waals surface area contributed by atoms with Crippen LogP contribution in [0.25, 0.3) is 0 Å². The summed E-state index contributed by atoms with van der Waals surface area (Å²) in [7, 11) is 0. The fourth-order valence-corrected chi connectivity index (χ4v) is 1.82. The highest BCUT2D eigenvalue weighted by atomic mass is 16.6. The Hall–Kier alpha value is -1.35. The van der Waals surface area contributed by atoms with E-state index in [2.05, 4.69) is 0 Å². The van der Waals surface area contributed by atoms with Gasteiger partial charge in [0.1, 0.15) is 6.10 Å². The minimum Gasteiger partial charge on any atom is -0.456 e. The van der Waals surface area contributed by atoms with Crippen LogP contribution in [0.15, 0.2) is 30.3 Å². The molecule has 1 aromatic carbocycles. The fourth-order valence-electron chi connectivity index (χ4n) is 1.82. The van der Waals surface area contributed by atoms with Crippen molar-refractivity contribution in [3.05, 3.63) is 35.9 Å². The van der Waals surface area contributed by atoms with E-state index in [4.69, 9.17) is 4.74 Å². The van der Waals surface area contributed by atoms with Gasteiger partial charge in [-0.15, -0.1) is 0 Å². The second-order valence-corrected chi connectivity index (χ2v) is 3.81. The molecule has 2 rings (SSSR count). The molecule has 0 saturated heterocycles. The Labute approximate surface area is 88.7 Å². The monoisotopic (exact) mass is 206 g/mol. The van der Waals surface area contributed by atoms with Crippen molar-refractivity contribution in [1.29, 1.82) is 0 Å². The summed E-state index contributed by atoms with van der Waals surface area (Å²) in [5.41, 5.74) is 0.539. The van der Waals surface area contributed by atoms with Crippen LogP contribution in [0.3, 0.4) is 0 Å². The number of rotatable bonds is 2. The predicted molar refractivity (Wildman–Crippen MR) is 55.5 cm³/mol. The molecule has 2 atom stereocenters. The fraction of sp³-hybridized carbons (Fsp3) is 0.417. The van der Waals surface area contributed by atoms with Crippen molar-refractivity contribution in [2.24, 2.45) is 0 Å². The Kier molecular flexibility index (Phi) is 3.02. The number of ether oxygens (including phenoxy) is 1. The second-order valence-electron chi connectivity index (χ2n) is 3.81. The SMILES string of the molecule is O=C(O[C@@H]1CCC[C@H]1O)c1ccccc1. The van der Waals surface area contributed by atoms with E-state index >= 15 is 0 Å². The summed E-state index contributed by atoms with van der Waals surface area (Å²) >= 11 is 0. The lowest BCUT2D eigenvalue weighted by atomic mass is 10.2. The van der Waals surface area contributed by atoms with Crippen LogP contribution in [0.5, 0.6) is 0 Å². The number of aliphatic hydroxyl groups excluding tert-OH is 1. The summed E-state index contributed by atoms with van der Waals surface area (Å²) in [4.78, 5) is 11.6. The number of aliphatic hydroxyl groups is 1. The summed E-state index contributed by atoms with van der Waals surface area (Å²) in [5, 5.41) is 9.51. The van der Waals surface area contributed by atoms with Gasteiger partial charge in [0.25, 0.3) is 0 Å². The third-order valence-electron chi connectivity index (χ3n) is 2.69. The third kappa shape index (κ3) is 2.36. The van der Waals surface area contributed by atoms with E-state index in [-0.39, 0.29) is 12.1 Å². The van der Waals surface area contributed by atoms with Crippen molar-refractivity contribution >= 4 is 5.97 Å². The molecule has 80 valence electrons. The Morgan fingerprint density at radius 1 is 1.27 bits per heavy atom. The molecule has 0 spiro atoms. The molecule has 0 unspecified atom stereocenters. The maximum Gasteiger partial charge on any atom is 0.338 e. The van der Waals surface area contributed by atoms with Gasteiger partial charge in [-0.2, -0.15) is 0 Å². The van der Waals surface area contributed by atoms with Crippen LogP contribution < -0.4 is 0 Å². The summed E-state index contributed by atoms with van der Waals surface area (Å²) in [5.74, 6) is -0.346. The predicted octanol–water partition coefficient (Wildman–Crippen LogP) is 1.76. The summed E-state index contributed by atoms with van der Waals surface area (Å²) in [6, 6.07) is 8.86. The molecule has 0 bridgehead atoms. The summed E-state index contributed by atoms with van der Waals surface area (Å²) in [6.45, 7) is 0. The van der Waals surface area contributed by atoms with Gasteiger partial charge in [0, 0.05) is 0 Å². The molecule has 0 radical (unpaired) electrons. The molecule has 1 N–H and O–H groups in total. The minimum atomic E-state index is -0.488. The van der Waals surface area contributed by atoms with Gasteiger partial charge in [-0.05, 0) is 31.4 Å². The standard InChI is InChI=1S/C12H14O3/c13-10-7-4-8-11(10)15-12(14)9-5-2-1-3-6-9/h1-3,5-6,10-11,13H,4,7-8H2/t10-,11-/m1/s1. The van der Waals surface area contributed by atoms with Gasteiger partial charge in [0.15, 0.2) is 0 Å². The van der Waals surface area contributed by atoms with Crippen molar-refractivity contribution in [1.82, 2.24) is 0 Å². The van der Waals surface area contributed by atoms with Crippen molar-refractivity contribution < 1.29 is 14.6 Å². The van der Waals surface area contributed by atoms with Crippen LogP contribution in [0, 0.1) is 0 Å². The molecule has 1 aliphatic carbocycles. The molecule has 0 heterocycles. The first-order valence-electron chi connectivity index (χ1n) is 5.21. The number of benzene rings is 1. The van der Waals surface area contributed by atoms with Crippen LogP contribution in [0.2, 0.25) is 0 Å². The average Bonchev–Trinajstić information content (AvgIpc) is 2.66. The van der Waals surface area contributed by atoms with E-state index in [0.29, 0.717) is 5.56 Å². The Balaban J connectivity index is 1.98. The molecule has 0 aromatic heterocycles. The van der Waals surface area contributed by atoms with Gasteiger partial charge in [0.05, 0.1) is 11.7 Å². The van der Waals surface area contributed by atoms with Crippen LogP contribution in [-0.2, 0) is 4.74 Å². The summed E-state index contributed by atoms with van der Waals surface area (Å²) < 4.78 is 5.22. The van der Waals surface area contributed by atoms with Crippen molar-refractivity contribution in [3.63, 3.8) is 0 Å². The van der Waals surface area contributed by atoms with E-state index in [1.165, 1.54) is 0 Å². The maximum absolute atomic E-state index is 11.6. The largest absolute Gasteiger partial charge is 0.456 e. The molecular formula is C12H14O3. The van der Waals surface area contributed by atoms with E-state index in [1.54, 1.807) is 24.3 Å². The highest BCUT2D eigenvalue weighted by Crippen LogP contribution is 2.22.